The summed E-state index contributed by atoms with van der Waals surface area (Å²) in [5.74, 6) is -1.87. The van der Waals surface area contributed by atoms with Gasteiger partial charge in [-0.25, -0.2) is 0 Å². The van der Waals surface area contributed by atoms with Crippen LogP contribution in [0.15, 0.2) is 0 Å². The lowest BCUT2D eigenvalue weighted by Gasteiger charge is -1.92. The molecule has 0 aliphatic carbocycles. The fraction of sp³-hybridized carbons (Fsp3) is 0.778. The van der Waals surface area contributed by atoms with Gasteiger partial charge >= 0.3 is 11.9 Å². The molecule has 0 spiro atoms. The van der Waals surface area contributed by atoms with E-state index in [1.165, 1.54) is 0 Å². The van der Waals surface area contributed by atoms with Crippen LogP contribution in [0.25, 0.3) is 0 Å². The van der Waals surface area contributed by atoms with E-state index in [-0.39, 0.29) is 18.6 Å². The van der Waals surface area contributed by atoms with Crippen molar-refractivity contribution in [1.82, 2.24) is 0 Å². The van der Waals surface area contributed by atoms with E-state index < -0.39 is 22.1 Å². The van der Waals surface area contributed by atoms with Crippen molar-refractivity contribution in [2.45, 2.75) is 39.0 Å². The van der Waals surface area contributed by atoms with Crippen LogP contribution in [0, 0.1) is 0 Å². The Labute approximate surface area is 100 Å². The van der Waals surface area contributed by atoms with Crippen molar-refractivity contribution in [2.24, 2.45) is 0 Å². The minimum Gasteiger partial charge on any atom is -0.481 e. The van der Waals surface area contributed by atoms with Gasteiger partial charge in [-0.05, 0) is 19.3 Å². The van der Waals surface area contributed by atoms with Crippen LogP contribution in [0.3, 0.4) is 0 Å². The minimum absolute atomic E-state index is 0.0628. The van der Waals surface area contributed by atoms with Gasteiger partial charge in [0.05, 0.1) is 5.75 Å². The van der Waals surface area contributed by atoms with Gasteiger partial charge in [-0.3, -0.25) is 14.1 Å². The van der Waals surface area contributed by atoms with E-state index in [0.717, 1.165) is 0 Å². The molecule has 0 aromatic rings. The summed E-state index contributed by atoms with van der Waals surface area (Å²) in [5, 5.41) is 16.3. The number of hydrogen-bond acceptors (Lipinski definition) is 4. The maximum absolute atomic E-state index is 9.90. The van der Waals surface area contributed by atoms with E-state index in [2.05, 4.69) is 0 Å². The van der Waals surface area contributed by atoms with Crippen molar-refractivity contribution >= 4 is 22.1 Å². The second-order valence-corrected chi connectivity index (χ2v) is 4.85. The second-order valence-electron chi connectivity index (χ2n) is 3.28. The highest BCUT2D eigenvalue weighted by Gasteiger charge is 1.99. The molecule has 102 valence electrons. The lowest BCUT2D eigenvalue weighted by Crippen LogP contribution is -2.01. The number of rotatable bonds is 7. The summed E-state index contributed by atoms with van der Waals surface area (Å²) >= 11 is 0. The van der Waals surface area contributed by atoms with Gasteiger partial charge in [0.15, 0.2) is 0 Å². The molecule has 0 aromatic heterocycles. The zero-order valence-corrected chi connectivity index (χ0v) is 10.4. The van der Waals surface area contributed by atoms with Crippen LogP contribution in [0.2, 0.25) is 0 Å². The highest BCUT2D eigenvalue weighted by molar-refractivity contribution is 7.85. The van der Waals surface area contributed by atoms with Crippen molar-refractivity contribution < 1.29 is 32.8 Å². The van der Waals surface area contributed by atoms with Gasteiger partial charge in [0.1, 0.15) is 0 Å². The van der Waals surface area contributed by atoms with Gasteiger partial charge in [-0.2, -0.15) is 8.42 Å². The van der Waals surface area contributed by atoms with E-state index in [9.17, 15) is 18.0 Å². The molecule has 0 aromatic carbocycles. The number of unbranched alkanes of at least 4 members (excludes halogenated alkanes) is 1. The molecule has 0 aliphatic heterocycles. The second kappa shape index (κ2) is 10.0. The SMILES string of the molecule is CCCS(=O)(=O)O.O=C(O)CCCCC(=O)O. The van der Waals surface area contributed by atoms with Gasteiger partial charge in [-0.15, -0.1) is 0 Å². The van der Waals surface area contributed by atoms with Crippen LogP contribution in [-0.2, 0) is 19.7 Å². The molecule has 0 saturated heterocycles. The Morgan fingerprint density at radius 2 is 1.35 bits per heavy atom. The summed E-state index contributed by atoms with van der Waals surface area (Å²) in [6.07, 6.45) is 1.49. The van der Waals surface area contributed by atoms with Crippen molar-refractivity contribution in [1.29, 1.82) is 0 Å². The molecule has 0 unspecified atom stereocenters. The molecule has 7 nitrogen and oxygen atoms in total. The van der Waals surface area contributed by atoms with Crippen molar-refractivity contribution in [3.8, 4) is 0 Å². The monoisotopic (exact) mass is 270 g/mol. The molecule has 17 heavy (non-hydrogen) atoms. The first-order valence-electron chi connectivity index (χ1n) is 5.07. The average molecular weight is 270 g/mol. The molecule has 8 heteroatoms. The van der Waals surface area contributed by atoms with Crippen LogP contribution < -0.4 is 0 Å². The van der Waals surface area contributed by atoms with Crippen molar-refractivity contribution in [3.05, 3.63) is 0 Å². The van der Waals surface area contributed by atoms with E-state index in [4.69, 9.17) is 14.8 Å². The van der Waals surface area contributed by atoms with Gasteiger partial charge < -0.3 is 10.2 Å². The van der Waals surface area contributed by atoms with Gasteiger partial charge in [0, 0.05) is 12.8 Å². The van der Waals surface area contributed by atoms with Crippen LogP contribution in [-0.4, -0.2) is 40.9 Å². The van der Waals surface area contributed by atoms with Crippen molar-refractivity contribution in [3.63, 3.8) is 0 Å². The Hall–Kier alpha value is -1.15. The van der Waals surface area contributed by atoms with E-state index >= 15 is 0 Å². The van der Waals surface area contributed by atoms with E-state index in [1.807, 2.05) is 0 Å². The van der Waals surface area contributed by atoms with Crippen LogP contribution >= 0.6 is 0 Å². The summed E-state index contributed by atoms with van der Waals surface area (Å²) in [5.41, 5.74) is 0. The third-order valence-corrected chi connectivity index (χ3v) is 2.42. The Kier molecular flexibility index (Phi) is 10.8. The summed E-state index contributed by atoms with van der Waals surface area (Å²) < 4.78 is 27.6. The lowest BCUT2D eigenvalue weighted by atomic mass is 10.2. The van der Waals surface area contributed by atoms with Crippen LogP contribution in [0.1, 0.15) is 39.0 Å². The average Bonchev–Trinajstić information content (AvgIpc) is 2.11. The summed E-state index contributed by atoms with van der Waals surface area (Å²) in [7, 11) is -3.67. The molecule has 0 rings (SSSR count). The molecule has 0 radical (unpaired) electrons. The first-order valence-corrected chi connectivity index (χ1v) is 6.68. The topological polar surface area (TPSA) is 129 Å². The normalized spacial score (nSPS) is 10.2. The van der Waals surface area contributed by atoms with Gasteiger partial charge in [0.2, 0.25) is 0 Å². The third kappa shape index (κ3) is 25.3. The Bertz CT molecular complexity index is 304. The number of carboxylic acids is 2. The molecule has 0 aliphatic rings. The molecule has 0 fully saturated rings. The highest BCUT2D eigenvalue weighted by atomic mass is 32.2. The third-order valence-electron chi connectivity index (χ3n) is 1.49. The first-order chi connectivity index (χ1) is 7.69. The Morgan fingerprint density at radius 3 is 1.47 bits per heavy atom. The van der Waals surface area contributed by atoms with Crippen LogP contribution in [0.4, 0.5) is 0 Å². The predicted octanol–water partition coefficient (Wildman–Crippen LogP) is 1.00. The summed E-state index contributed by atoms with van der Waals surface area (Å²) in [6.45, 7) is 1.69. The molecule has 0 saturated carbocycles. The largest absolute Gasteiger partial charge is 0.481 e. The lowest BCUT2D eigenvalue weighted by molar-refractivity contribution is -0.139. The maximum Gasteiger partial charge on any atom is 0.303 e. The molecule has 3 N–H and O–H groups in total. The predicted molar refractivity (Wildman–Crippen MR) is 60.4 cm³/mol. The summed E-state index contributed by atoms with van der Waals surface area (Å²) in [6, 6.07) is 0. The quantitative estimate of drug-likeness (QED) is 0.464. The van der Waals surface area contributed by atoms with Crippen LogP contribution in [0.5, 0.6) is 0 Å². The number of carboxylic acid groups (broad SMARTS) is 2. The number of aliphatic carboxylic acids is 2. The van der Waals surface area contributed by atoms with Gasteiger partial charge in [-0.1, -0.05) is 6.92 Å². The summed E-state index contributed by atoms with van der Waals surface area (Å²) in [4.78, 5) is 19.8. The van der Waals surface area contributed by atoms with Crippen molar-refractivity contribution in [2.75, 3.05) is 5.75 Å². The molecular weight excluding hydrogens is 252 g/mol. The smallest absolute Gasteiger partial charge is 0.303 e. The zero-order valence-electron chi connectivity index (χ0n) is 9.63. The minimum atomic E-state index is -3.67. The van der Waals surface area contributed by atoms with Gasteiger partial charge in [0.25, 0.3) is 10.1 Å². The zero-order chi connectivity index (χ0) is 13.9. The maximum atomic E-state index is 9.90. The fourth-order valence-electron chi connectivity index (χ4n) is 0.810. The standard InChI is InChI=1S/C6H10O4.C3H8O3S/c7-5(8)3-1-2-4-6(9)10;1-2-3-7(4,5)6/h1-4H2,(H,7,8)(H,9,10);2-3H2,1H3,(H,4,5,6). The first kappa shape index (κ1) is 18.2. The molecule has 0 atom stereocenters. The molecule has 0 bridgehead atoms. The highest BCUT2D eigenvalue weighted by Crippen LogP contribution is 1.98. The fourth-order valence-corrected chi connectivity index (χ4v) is 1.33. The number of hydrogen-bond donors (Lipinski definition) is 3. The van der Waals surface area contributed by atoms with E-state index in [0.29, 0.717) is 19.3 Å². The Morgan fingerprint density at radius 1 is 1.00 bits per heavy atom. The van der Waals surface area contributed by atoms with E-state index in [1.54, 1.807) is 6.92 Å². The molecule has 0 heterocycles. The molecule has 0 amide bonds. The number of carbonyl (C=O) groups is 2. The Balaban J connectivity index is 0. The molecular formula is C9H18O7S.